The maximum absolute atomic E-state index is 11.8. The summed E-state index contributed by atoms with van der Waals surface area (Å²) >= 11 is 5.73. The monoisotopic (exact) mass is 250 g/mol. The molecule has 0 spiro atoms. The number of nitrogens with zero attached hydrogens (tertiary/aromatic N) is 2. The van der Waals surface area contributed by atoms with Crippen molar-refractivity contribution in [2.24, 2.45) is 0 Å². The average Bonchev–Trinajstić information content (AvgIpc) is 2.30. The molecule has 17 heavy (non-hydrogen) atoms. The summed E-state index contributed by atoms with van der Waals surface area (Å²) in [5, 5.41) is 9.32. The minimum absolute atomic E-state index is 0.512. The minimum atomic E-state index is -1.35. The fourth-order valence-corrected chi connectivity index (χ4v) is 1.49. The van der Waals surface area contributed by atoms with E-state index >= 15 is 0 Å². The largest absolute Gasteiger partial charge is 0.476 e. The third-order valence-corrected chi connectivity index (χ3v) is 2.40. The van der Waals surface area contributed by atoms with Crippen LogP contribution in [0.3, 0.4) is 0 Å². The van der Waals surface area contributed by atoms with Crippen molar-refractivity contribution in [2.45, 2.75) is 0 Å². The topological polar surface area (TPSA) is 72.2 Å². The standard InChI is InChI=1S/C11H7ClN2O3/c12-7-1-3-8(4-2-7)14-6-5-13-9(10(14)15)11(16)17/h1-6H,(H,16,17). The Kier molecular flexibility index (Phi) is 2.93. The molecule has 0 unspecified atom stereocenters. The Morgan fingerprint density at radius 2 is 1.94 bits per heavy atom. The zero-order chi connectivity index (χ0) is 12.4. The number of benzene rings is 1. The van der Waals surface area contributed by atoms with Crippen molar-refractivity contribution in [3.63, 3.8) is 0 Å². The summed E-state index contributed by atoms with van der Waals surface area (Å²) in [6.45, 7) is 0. The predicted octanol–water partition coefficient (Wildman–Crippen LogP) is 1.58. The van der Waals surface area contributed by atoms with E-state index in [2.05, 4.69) is 4.98 Å². The number of aromatic carboxylic acids is 1. The Labute approximate surface area is 101 Å². The van der Waals surface area contributed by atoms with E-state index in [1.807, 2.05) is 0 Å². The highest BCUT2D eigenvalue weighted by atomic mass is 35.5. The highest BCUT2D eigenvalue weighted by molar-refractivity contribution is 6.30. The van der Waals surface area contributed by atoms with Gasteiger partial charge < -0.3 is 5.11 Å². The highest BCUT2D eigenvalue weighted by Crippen LogP contribution is 2.11. The van der Waals surface area contributed by atoms with Gasteiger partial charge in [0.25, 0.3) is 5.56 Å². The second-order valence-corrected chi connectivity index (χ2v) is 3.67. The number of halogens is 1. The van der Waals surface area contributed by atoms with Gasteiger partial charge in [-0.05, 0) is 24.3 Å². The van der Waals surface area contributed by atoms with E-state index in [1.165, 1.54) is 17.0 Å². The first-order valence-electron chi connectivity index (χ1n) is 4.66. The molecular weight excluding hydrogens is 244 g/mol. The van der Waals surface area contributed by atoms with Crippen molar-refractivity contribution < 1.29 is 9.90 Å². The number of rotatable bonds is 2. The third-order valence-electron chi connectivity index (χ3n) is 2.15. The first-order valence-corrected chi connectivity index (χ1v) is 5.04. The van der Waals surface area contributed by atoms with E-state index in [1.54, 1.807) is 24.3 Å². The van der Waals surface area contributed by atoms with Crippen molar-refractivity contribution in [3.8, 4) is 5.69 Å². The van der Waals surface area contributed by atoms with Crippen molar-refractivity contribution in [3.05, 3.63) is 57.7 Å². The fraction of sp³-hybridized carbons (Fsp3) is 0. The van der Waals surface area contributed by atoms with E-state index in [0.29, 0.717) is 10.7 Å². The molecule has 2 aromatic rings. The van der Waals surface area contributed by atoms with E-state index in [4.69, 9.17) is 16.7 Å². The van der Waals surface area contributed by atoms with Crippen molar-refractivity contribution in [2.75, 3.05) is 0 Å². The molecule has 0 saturated heterocycles. The summed E-state index contributed by atoms with van der Waals surface area (Å²) in [5.41, 5.74) is -0.658. The molecule has 0 atom stereocenters. The molecule has 5 nitrogen and oxygen atoms in total. The Morgan fingerprint density at radius 1 is 1.29 bits per heavy atom. The quantitative estimate of drug-likeness (QED) is 0.878. The van der Waals surface area contributed by atoms with Crippen LogP contribution in [0, 0.1) is 0 Å². The van der Waals surface area contributed by atoms with E-state index in [0.717, 1.165) is 0 Å². The lowest BCUT2D eigenvalue weighted by molar-refractivity contribution is 0.0688. The van der Waals surface area contributed by atoms with Gasteiger partial charge in [-0.2, -0.15) is 0 Å². The molecule has 0 amide bonds. The van der Waals surface area contributed by atoms with Crippen LogP contribution < -0.4 is 5.56 Å². The lowest BCUT2D eigenvalue weighted by Gasteiger charge is -2.05. The minimum Gasteiger partial charge on any atom is -0.476 e. The van der Waals surface area contributed by atoms with Gasteiger partial charge in [-0.25, -0.2) is 9.78 Å². The molecule has 1 N–H and O–H groups in total. The number of carboxylic acid groups (broad SMARTS) is 1. The molecule has 6 heteroatoms. The van der Waals surface area contributed by atoms with Gasteiger partial charge in [0.2, 0.25) is 5.69 Å². The summed E-state index contributed by atoms with van der Waals surface area (Å²) in [7, 11) is 0. The molecule has 0 bridgehead atoms. The van der Waals surface area contributed by atoms with Gasteiger partial charge in [0.1, 0.15) is 0 Å². The van der Waals surface area contributed by atoms with Crippen LogP contribution in [0.5, 0.6) is 0 Å². The molecule has 1 heterocycles. The van der Waals surface area contributed by atoms with Crippen LogP contribution in [0.4, 0.5) is 0 Å². The number of aromatic nitrogens is 2. The summed E-state index contributed by atoms with van der Waals surface area (Å²) < 4.78 is 1.20. The summed E-state index contributed by atoms with van der Waals surface area (Å²) in [6, 6.07) is 6.47. The molecule has 0 fully saturated rings. The molecule has 2 rings (SSSR count). The van der Waals surface area contributed by atoms with Crippen LogP contribution in [0.2, 0.25) is 5.02 Å². The van der Waals surface area contributed by atoms with Crippen LogP contribution in [0.25, 0.3) is 5.69 Å². The van der Waals surface area contributed by atoms with E-state index < -0.39 is 17.2 Å². The number of hydrogen-bond acceptors (Lipinski definition) is 3. The predicted molar refractivity (Wildman–Crippen MR) is 61.8 cm³/mol. The molecule has 1 aromatic heterocycles. The molecule has 86 valence electrons. The molecule has 0 aliphatic heterocycles. The number of carbonyl (C=O) groups is 1. The number of hydrogen-bond donors (Lipinski definition) is 1. The second kappa shape index (κ2) is 4.39. The normalized spacial score (nSPS) is 10.2. The highest BCUT2D eigenvalue weighted by Gasteiger charge is 2.12. The SMILES string of the molecule is O=C(O)c1nccn(-c2ccc(Cl)cc2)c1=O. The maximum atomic E-state index is 11.8. The zero-order valence-corrected chi connectivity index (χ0v) is 9.26. The van der Waals surface area contributed by atoms with E-state index in [-0.39, 0.29) is 0 Å². The summed E-state index contributed by atoms with van der Waals surface area (Å²) in [6.07, 6.45) is 2.66. The molecule has 1 aromatic carbocycles. The van der Waals surface area contributed by atoms with Gasteiger partial charge in [0.15, 0.2) is 0 Å². The van der Waals surface area contributed by atoms with Crippen molar-refractivity contribution in [1.82, 2.24) is 9.55 Å². The Morgan fingerprint density at radius 3 is 2.53 bits per heavy atom. The van der Waals surface area contributed by atoms with Crippen molar-refractivity contribution in [1.29, 1.82) is 0 Å². The average molecular weight is 251 g/mol. The lowest BCUT2D eigenvalue weighted by Crippen LogP contribution is -2.26. The second-order valence-electron chi connectivity index (χ2n) is 3.23. The van der Waals surface area contributed by atoms with Crippen LogP contribution in [0.15, 0.2) is 41.5 Å². The summed E-state index contributed by atoms with van der Waals surface area (Å²) in [5.74, 6) is -1.35. The first-order chi connectivity index (χ1) is 8.09. The van der Waals surface area contributed by atoms with Gasteiger partial charge in [0, 0.05) is 23.1 Å². The van der Waals surface area contributed by atoms with Crippen LogP contribution >= 0.6 is 11.6 Å². The molecule has 0 radical (unpaired) electrons. The maximum Gasteiger partial charge on any atom is 0.360 e. The van der Waals surface area contributed by atoms with Gasteiger partial charge in [-0.15, -0.1) is 0 Å². The van der Waals surface area contributed by atoms with Crippen molar-refractivity contribution >= 4 is 17.6 Å². The van der Waals surface area contributed by atoms with Crippen LogP contribution in [0.1, 0.15) is 10.5 Å². The lowest BCUT2D eigenvalue weighted by atomic mass is 10.3. The van der Waals surface area contributed by atoms with Gasteiger partial charge >= 0.3 is 5.97 Å². The first kappa shape index (κ1) is 11.3. The molecular formula is C11H7ClN2O3. The number of carboxylic acids is 1. The molecule has 0 aliphatic rings. The van der Waals surface area contributed by atoms with Crippen LogP contribution in [-0.4, -0.2) is 20.6 Å². The van der Waals surface area contributed by atoms with Gasteiger partial charge in [-0.3, -0.25) is 9.36 Å². The zero-order valence-electron chi connectivity index (χ0n) is 8.50. The molecule has 0 saturated carbocycles. The van der Waals surface area contributed by atoms with Gasteiger partial charge in [-0.1, -0.05) is 11.6 Å². The van der Waals surface area contributed by atoms with Gasteiger partial charge in [0.05, 0.1) is 0 Å². The smallest absolute Gasteiger partial charge is 0.360 e. The fourth-order valence-electron chi connectivity index (χ4n) is 1.36. The third kappa shape index (κ3) is 2.19. The van der Waals surface area contributed by atoms with Crippen LogP contribution in [-0.2, 0) is 0 Å². The summed E-state index contributed by atoms with van der Waals surface area (Å²) in [4.78, 5) is 26.1. The Hall–Kier alpha value is -2.14. The Bertz CT molecular complexity index is 619. The Balaban J connectivity index is 2.61. The van der Waals surface area contributed by atoms with E-state index in [9.17, 15) is 9.59 Å². The molecule has 0 aliphatic carbocycles.